The predicted octanol–water partition coefficient (Wildman–Crippen LogP) is 1.07. The average Bonchev–Trinajstić information content (AvgIpc) is 2.39. The van der Waals surface area contributed by atoms with E-state index in [0.717, 1.165) is 0 Å². The summed E-state index contributed by atoms with van der Waals surface area (Å²) in [7, 11) is 0. The van der Waals surface area contributed by atoms with Crippen LogP contribution in [0.4, 0.5) is 0 Å². The van der Waals surface area contributed by atoms with Gasteiger partial charge in [-0.1, -0.05) is 0 Å². The van der Waals surface area contributed by atoms with Crippen molar-refractivity contribution in [3.8, 4) is 11.5 Å². The first kappa shape index (κ1) is 12.5. The van der Waals surface area contributed by atoms with Crippen molar-refractivity contribution in [1.82, 2.24) is 9.97 Å². The van der Waals surface area contributed by atoms with Crippen molar-refractivity contribution in [3.63, 3.8) is 0 Å². The highest BCUT2D eigenvalue weighted by atomic mass is 16.5. The molecule has 19 heavy (non-hydrogen) atoms. The van der Waals surface area contributed by atoms with Crippen LogP contribution in [0, 0.1) is 0 Å². The Labute approximate surface area is 107 Å². The highest BCUT2D eigenvalue weighted by Gasteiger charge is 2.13. The molecule has 0 aliphatic carbocycles. The van der Waals surface area contributed by atoms with Crippen LogP contribution in [-0.2, 0) is 0 Å². The fourth-order valence-corrected chi connectivity index (χ4v) is 1.37. The molecule has 0 unspecified atom stereocenters. The normalized spacial score (nSPS) is 9.89. The number of rotatable bonds is 4. The molecule has 96 valence electrons. The molecule has 2 aromatic heterocycles. The molecule has 0 spiro atoms. The van der Waals surface area contributed by atoms with E-state index in [1.54, 1.807) is 0 Å². The molecule has 2 rings (SSSR count). The number of pyridine rings is 2. The quantitative estimate of drug-likeness (QED) is 0.848. The van der Waals surface area contributed by atoms with Gasteiger partial charge in [0.1, 0.15) is 11.4 Å². The third-order valence-corrected chi connectivity index (χ3v) is 2.18. The molecule has 0 atom stereocenters. The Morgan fingerprint density at radius 2 is 2.00 bits per heavy atom. The maximum absolute atomic E-state index is 11.0. The Morgan fingerprint density at radius 1 is 1.21 bits per heavy atom. The highest BCUT2D eigenvalue weighted by Crippen LogP contribution is 2.23. The Balaban J connectivity index is 2.34. The van der Waals surface area contributed by atoms with Gasteiger partial charge in [-0.15, -0.1) is 0 Å². The van der Waals surface area contributed by atoms with E-state index in [0.29, 0.717) is 0 Å². The van der Waals surface area contributed by atoms with Crippen LogP contribution in [0.15, 0.2) is 36.7 Å². The average molecular weight is 259 g/mol. The second kappa shape index (κ2) is 5.13. The van der Waals surface area contributed by atoms with Crippen LogP contribution in [0.25, 0.3) is 0 Å². The largest absolute Gasteiger partial charge is 0.476 e. The van der Waals surface area contributed by atoms with E-state index in [1.165, 1.54) is 36.7 Å². The summed E-state index contributed by atoms with van der Waals surface area (Å²) in [5.41, 5.74) is 4.89. The second-order valence-corrected chi connectivity index (χ2v) is 3.50. The molecule has 0 radical (unpaired) electrons. The Hall–Kier alpha value is -2.96. The molecular weight excluding hydrogens is 250 g/mol. The first-order chi connectivity index (χ1) is 9.08. The van der Waals surface area contributed by atoms with Crippen molar-refractivity contribution < 1.29 is 19.4 Å². The van der Waals surface area contributed by atoms with Gasteiger partial charge in [-0.3, -0.25) is 9.78 Å². The molecule has 1 amide bonds. The first-order valence-corrected chi connectivity index (χ1v) is 5.20. The SMILES string of the molecule is NC(=O)c1cc(Oc2cccnc2C(=O)O)ccn1. The van der Waals surface area contributed by atoms with Crippen molar-refractivity contribution in [1.29, 1.82) is 0 Å². The zero-order valence-electron chi connectivity index (χ0n) is 9.61. The van der Waals surface area contributed by atoms with Gasteiger partial charge in [-0.05, 0) is 18.2 Å². The van der Waals surface area contributed by atoms with E-state index < -0.39 is 11.9 Å². The predicted molar refractivity (Wildman–Crippen MR) is 64.0 cm³/mol. The van der Waals surface area contributed by atoms with Gasteiger partial charge in [0.2, 0.25) is 0 Å². The Morgan fingerprint density at radius 3 is 2.68 bits per heavy atom. The second-order valence-electron chi connectivity index (χ2n) is 3.50. The molecule has 0 fully saturated rings. The number of nitrogens with two attached hydrogens (primary N) is 1. The number of carbonyl (C=O) groups is 2. The number of carboxylic acid groups (broad SMARTS) is 1. The summed E-state index contributed by atoms with van der Waals surface area (Å²) in [5.74, 6) is -1.59. The summed E-state index contributed by atoms with van der Waals surface area (Å²) in [4.78, 5) is 29.4. The zero-order valence-corrected chi connectivity index (χ0v) is 9.61. The molecule has 0 saturated carbocycles. The number of primary amides is 1. The number of aromatic carboxylic acids is 1. The fourth-order valence-electron chi connectivity index (χ4n) is 1.37. The van der Waals surface area contributed by atoms with E-state index in [1.807, 2.05) is 0 Å². The Kier molecular flexibility index (Phi) is 3.37. The van der Waals surface area contributed by atoms with Crippen molar-refractivity contribution in [2.75, 3.05) is 0 Å². The molecule has 3 N–H and O–H groups in total. The molecule has 2 heterocycles. The first-order valence-electron chi connectivity index (χ1n) is 5.20. The number of hydrogen-bond donors (Lipinski definition) is 2. The molecule has 0 bridgehead atoms. The van der Waals surface area contributed by atoms with E-state index in [2.05, 4.69) is 9.97 Å². The van der Waals surface area contributed by atoms with Crippen molar-refractivity contribution in [2.24, 2.45) is 5.73 Å². The van der Waals surface area contributed by atoms with Gasteiger partial charge in [0.15, 0.2) is 11.4 Å². The van der Waals surface area contributed by atoms with Gasteiger partial charge in [-0.25, -0.2) is 9.78 Å². The molecule has 0 aromatic carbocycles. The molecule has 2 aromatic rings. The number of amides is 1. The lowest BCUT2D eigenvalue weighted by Crippen LogP contribution is -2.12. The van der Waals surface area contributed by atoms with Crippen LogP contribution in [-0.4, -0.2) is 27.0 Å². The standard InChI is InChI=1S/C12H9N3O4/c13-11(16)8-6-7(3-5-14-8)19-9-2-1-4-15-10(9)12(17)18/h1-6H,(H2,13,16)(H,17,18). The van der Waals surface area contributed by atoms with Gasteiger partial charge in [0.05, 0.1) is 0 Å². The summed E-state index contributed by atoms with van der Waals surface area (Å²) >= 11 is 0. The molecule has 0 aliphatic rings. The number of carbonyl (C=O) groups excluding carboxylic acids is 1. The molecule has 0 aliphatic heterocycles. The van der Waals surface area contributed by atoms with Crippen LogP contribution in [0.5, 0.6) is 11.5 Å². The lowest BCUT2D eigenvalue weighted by atomic mass is 10.3. The van der Waals surface area contributed by atoms with E-state index >= 15 is 0 Å². The topological polar surface area (TPSA) is 115 Å². The molecule has 0 saturated heterocycles. The van der Waals surface area contributed by atoms with E-state index in [-0.39, 0.29) is 22.9 Å². The number of ether oxygens (including phenoxy) is 1. The van der Waals surface area contributed by atoms with Gasteiger partial charge >= 0.3 is 5.97 Å². The van der Waals surface area contributed by atoms with Crippen LogP contribution in [0.2, 0.25) is 0 Å². The summed E-state index contributed by atoms with van der Waals surface area (Å²) < 4.78 is 5.37. The number of nitrogens with zero attached hydrogens (tertiary/aromatic N) is 2. The third-order valence-electron chi connectivity index (χ3n) is 2.18. The van der Waals surface area contributed by atoms with Gasteiger partial charge in [0, 0.05) is 18.5 Å². The van der Waals surface area contributed by atoms with Crippen LogP contribution >= 0.6 is 0 Å². The summed E-state index contributed by atoms with van der Waals surface area (Å²) in [6.45, 7) is 0. The lowest BCUT2D eigenvalue weighted by molar-refractivity contribution is 0.0687. The van der Waals surface area contributed by atoms with Gasteiger partial charge < -0.3 is 15.6 Å². The van der Waals surface area contributed by atoms with E-state index in [9.17, 15) is 9.59 Å². The third kappa shape index (κ3) is 2.83. The van der Waals surface area contributed by atoms with E-state index in [4.69, 9.17) is 15.6 Å². The monoisotopic (exact) mass is 259 g/mol. The maximum atomic E-state index is 11.0. The number of aromatic nitrogens is 2. The minimum absolute atomic E-state index is 0.0262. The fraction of sp³-hybridized carbons (Fsp3) is 0. The zero-order chi connectivity index (χ0) is 13.8. The highest BCUT2D eigenvalue weighted by molar-refractivity contribution is 5.91. The van der Waals surface area contributed by atoms with Crippen molar-refractivity contribution in [3.05, 3.63) is 48.0 Å². The van der Waals surface area contributed by atoms with Gasteiger partial charge in [-0.2, -0.15) is 0 Å². The summed E-state index contributed by atoms with van der Waals surface area (Å²) in [6.07, 6.45) is 2.68. The summed E-state index contributed by atoms with van der Waals surface area (Å²) in [5, 5.41) is 8.96. The number of hydrogen-bond acceptors (Lipinski definition) is 5. The Bertz CT molecular complexity index is 642. The van der Waals surface area contributed by atoms with Gasteiger partial charge in [0.25, 0.3) is 5.91 Å². The molecular formula is C12H9N3O4. The smallest absolute Gasteiger partial charge is 0.358 e. The van der Waals surface area contributed by atoms with Crippen LogP contribution in [0.3, 0.4) is 0 Å². The molecule has 7 heteroatoms. The minimum Gasteiger partial charge on any atom is -0.476 e. The van der Waals surface area contributed by atoms with Crippen molar-refractivity contribution in [2.45, 2.75) is 0 Å². The van der Waals surface area contributed by atoms with Crippen LogP contribution in [0.1, 0.15) is 21.0 Å². The minimum atomic E-state index is -1.21. The van der Waals surface area contributed by atoms with Crippen LogP contribution < -0.4 is 10.5 Å². The lowest BCUT2D eigenvalue weighted by Gasteiger charge is -2.07. The van der Waals surface area contributed by atoms with Crippen molar-refractivity contribution >= 4 is 11.9 Å². The number of carboxylic acids is 1. The maximum Gasteiger partial charge on any atom is 0.358 e. The summed E-state index contributed by atoms with van der Waals surface area (Å²) in [6, 6.07) is 5.80. The molecule has 7 nitrogen and oxygen atoms in total.